The molecule has 4 aromatic carbocycles. The van der Waals surface area contributed by atoms with Crippen LogP contribution >= 0.6 is 0 Å². The molecular formula is C36H28N4. The van der Waals surface area contributed by atoms with Crippen LogP contribution in [0.3, 0.4) is 0 Å². The van der Waals surface area contributed by atoms with Gasteiger partial charge in [-0.3, -0.25) is 4.57 Å². The van der Waals surface area contributed by atoms with E-state index >= 15 is 0 Å². The van der Waals surface area contributed by atoms with Gasteiger partial charge in [-0.2, -0.15) is 9.97 Å². The molecule has 0 saturated heterocycles. The van der Waals surface area contributed by atoms with Crippen molar-refractivity contribution in [3.8, 4) is 28.5 Å². The fraction of sp³-hybridized carbons (Fsp3) is 0.139. The van der Waals surface area contributed by atoms with Gasteiger partial charge < -0.3 is 0 Å². The highest BCUT2D eigenvalue weighted by Crippen LogP contribution is 2.50. The summed E-state index contributed by atoms with van der Waals surface area (Å²) in [6, 6.07) is 32.4. The molecule has 2 aromatic heterocycles. The molecule has 6 aromatic rings. The molecule has 1 unspecified atom stereocenters. The quantitative estimate of drug-likeness (QED) is 0.237. The van der Waals surface area contributed by atoms with Crippen molar-refractivity contribution < 1.29 is 0 Å². The molecule has 2 heterocycles. The summed E-state index contributed by atoms with van der Waals surface area (Å²) in [7, 11) is 0. The maximum absolute atomic E-state index is 5.15. The zero-order valence-electron chi connectivity index (χ0n) is 22.5. The molecule has 4 heteroatoms. The number of nitrogens with zero attached hydrogens (tertiary/aromatic N) is 4. The van der Waals surface area contributed by atoms with E-state index in [2.05, 4.69) is 116 Å². The van der Waals surface area contributed by atoms with E-state index in [1.807, 2.05) is 18.2 Å². The SMILES string of the molecule is CC1(C)c2ccccc2-c2cc3c4ccccc4n(-c4nc(-c5ccccc5)nc(C5C=CC=CC5)n4)c3cc21. The van der Waals surface area contributed by atoms with Gasteiger partial charge in [-0.1, -0.05) is 111 Å². The molecule has 192 valence electrons. The van der Waals surface area contributed by atoms with Crippen LogP contribution in [0.5, 0.6) is 0 Å². The predicted molar refractivity (Wildman–Crippen MR) is 163 cm³/mol. The summed E-state index contributed by atoms with van der Waals surface area (Å²) in [6.45, 7) is 4.65. The van der Waals surface area contributed by atoms with Crippen molar-refractivity contribution in [3.05, 3.63) is 132 Å². The minimum absolute atomic E-state index is 0.0971. The Labute approximate surface area is 233 Å². The van der Waals surface area contributed by atoms with E-state index in [4.69, 9.17) is 15.0 Å². The predicted octanol–water partition coefficient (Wildman–Crippen LogP) is 8.54. The van der Waals surface area contributed by atoms with Crippen molar-refractivity contribution in [1.29, 1.82) is 0 Å². The van der Waals surface area contributed by atoms with Gasteiger partial charge >= 0.3 is 0 Å². The lowest BCUT2D eigenvalue weighted by Gasteiger charge is -2.21. The highest BCUT2D eigenvalue weighted by atomic mass is 15.2. The fourth-order valence-electron chi connectivity index (χ4n) is 6.51. The smallest absolute Gasteiger partial charge is 0.238 e. The van der Waals surface area contributed by atoms with E-state index < -0.39 is 0 Å². The van der Waals surface area contributed by atoms with E-state index in [1.165, 1.54) is 33.0 Å². The Hall–Kier alpha value is -4.83. The Bertz CT molecular complexity index is 2010. The molecule has 4 nitrogen and oxygen atoms in total. The summed E-state index contributed by atoms with van der Waals surface area (Å²) in [5.41, 5.74) is 8.46. The van der Waals surface area contributed by atoms with Gasteiger partial charge in [-0.15, -0.1) is 0 Å². The molecule has 0 fully saturated rings. The standard InChI is InChI=1S/C36H28N4/c1-36(2)29-19-11-9-17-25(29)27-21-28-26-18-10-12-20-31(26)40(32(28)22-30(27)36)35-38-33(23-13-5-3-6-14-23)37-34(39-35)24-15-7-4-8-16-24/h3-15,17-22,24H,16H2,1-2H3. The zero-order valence-corrected chi connectivity index (χ0v) is 22.5. The fourth-order valence-corrected chi connectivity index (χ4v) is 6.51. The Morgan fingerprint density at radius 2 is 1.50 bits per heavy atom. The van der Waals surface area contributed by atoms with Gasteiger partial charge in [0.1, 0.15) is 5.82 Å². The summed E-state index contributed by atoms with van der Waals surface area (Å²) in [5, 5.41) is 2.41. The van der Waals surface area contributed by atoms with Crippen LogP contribution < -0.4 is 0 Å². The Balaban J connectivity index is 1.44. The van der Waals surface area contributed by atoms with Gasteiger partial charge in [0.25, 0.3) is 0 Å². The molecule has 1 atom stereocenters. The third kappa shape index (κ3) is 3.35. The lowest BCUT2D eigenvalue weighted by molar-refractivity contribution is 0.661. The number of fused-ring (bicyclic) bond motifs is 6. The lowest BCUT2D eigenvalue weighted by Crippen LogP contribution is -2.15. The molecule has 0 aliphatic heterocycles. The van der Waals surface area contributed by atoms with E-state index in [0.717, 1.165) is 28.8 Å². The molecule has 0 N–H and O–H groups in total. The van der Waals surface area contributed by atoms with Crippen molar-refractivity contribution >= 4 is 21.8 Å². The van der Waals surface area contributed by atoms with Crippen molar-refractivity contribution in [1.82, 2.24) is 19.5 Å². The molecule has 0 bridgehead atoms. The molecule has 2 aliphatic carbocycles. The Morgan fingerprint density at radius 3 is 2.35 bits per heavy atom. The molecule has 8 rings (SSSR count). The highest BCUT2D eigenvalue weighted by molar-refractivity contribution is 6.11. The molecule has 0 radical (unpaired) electrons. The first-order valence-electron chi connectivity index (χ1n) is 13.9. The third-order valence-corrected chi connectivity index (χ3v) is 8.56. The lowest BCUT2D eigenvalue weighted by atomic mass is 9.82. The molecule has 0 saturated carbocycles. The van der Waals surface area contributed by atoms with E-state index in [0.29, 0.717) is 11.8 Å². The zero-order chi connectivity index (χ0) is 26.8. The van der Waals surface area contributed by atoms with Crippen molar-refractivity contribution in [2.24, 2.45) is 0 Å². The van der Waals surface area contributed by atoms with E-state index in [-0.39, 0.29) is 11.3 Å². The van der Waals surface area contributed by atoms with Crippen molar-refractivity contribution in [2.45, 2.75) is 31.6 Å². The first-order valence-corrected chi connectivity index (χ1v) is 13.9. The molecular weight excluding hydrogens is 488 g/mol. The van der Waals surface area contributed by atoms with Crippen LogP contribution in [-0.4, -0.2) is 19.5 Å². The molecule has 2 aliphatic rings. The number of hydrogen-bond donors (Lipinski definition) is 0. The van der Waals surface area contributed by atoms with Gasteiger partial charge in [0, 0.05) is 27.7 Å². The van der Waals surface area contributed by atoms with Gasteiger partial charge in [0.15, 0.2) is 5.82 Å². The number of aromatic nitrogens is 4. The van der Waals surface area contributed by atoms with Crippen LogP contribution in [-0.2, 0) is 5.41 Å². The van der Waals surface area contributed by atoms with Gasteiger partial charge in [-0.25, -0.2) is 4.98 Å². The summed E-state index contributed by atoms with van der Waals surface area (Å²) < 4.78 is 2.24. The average Bonchev–Trinajstić information content (AvgIpc) is 3.45. The molecule has 40 heavy (non-hydrogen) atoms. The second-order valence-corrected chi connectivity index (χ2v) is 11.3. The molecule has 0 spiro atoms. The van der Waals surface area contributed by atoms with Crippen LogP contribution in [0.25, 0.3) is 50.3 Å². The topological polar surface area (TPSA) is 43.6 Å². The number of rotatable bonds is 3. The van der Waals surface area contributed by atoms with Crippen LogP contribution in [0.2, 0.25) is 0 Å². The Morgan fingerprint density at radius 1 is 0.700 bits per heavy atom. The second kappa shape index (κ2) is 8.59. The largest absolute Gasteiger partial charge is 0.278 e. The van der Waals surface area contributed by atoms with Crippen LogP contribution in [0.4, 0.5) is 0 Å². The normalized spacial score (nSPS) is 16.9. The first-order chi connectivity index (χ1) is 19.6. The van der Waals surface area contributed by atoms with Crippen LogP contribution in [0.15, 0.2) is 115 Å². The maximum atomic E-state index is 5.15. The number of allylic oxidation sites excluding steroid dienone is 4. The van der Waals surface area contributed by atoms with Gasteiger partial charge in [-0.05, 0) is 46.9 Å². The van der Waals surface area contributed by atoms with Crippen molar-refractivity contribution in [3.63, 3.8) is 0 Å². The van der Waals surface area contributed by atoms with Crippen LogP contribution in [0, 0.1) is 0 Å². The summed E-state index contributed by atoms with van der Waals surface area (Å²) in [5.74, 6) is 2.26. The first kappa shape index (κ1) is 23.1. The second-order valence-electron chi connectivity index (χ2n) is 11.3. The number of para-hydroxylation sites is 1. The monoisotopic (exact) mass is 516 g/mol. The van der Waals surface area contributed by atoms with Crippen LogP contribution in [0.1, 0.15) is 43.1 Å². The van der Waals surface area contributed by atoms with E-state index in [1.54, 1.807) is 0 Å². The van der Waals surface area contributed by atoms with Crippen molar-refractivity contribution in [2.75, 3.05) is 0 Å². The Kier molecular flexibility index (Phi) is 4.96. The third-order valence-electron chi connectivity index (χ3n) is 8.56. The summed E-state index contributed by atoms with van der Waals surface area (Å²) in [4.78, 5) is 15.2. The highest BCUT2D eigenvalue weighted by Gasteiger charge is 2.36. The van der Waals surface area contributed by atoms with Gasteiger partial charge in [0.2, 0.25) is 5.95 Å². The number of benzene rings is 4. The maximum Gasteiger partial charge on any atom is 0.238 e. The van der Waals surface area contributed by atoms with Gasteiger partial charge in [0.05, 0.1) is 11.0 Å². The number of hydrogen-bond acceptors (Lipinski definition) is 3. The molecule has 0 amide bonds. The summed E-state index contributed by atoms with van der Waals surface area (Å²) in [6.07, 6.45) is 9.42. The van der Waals surface area contributed by atoms with E-state index in [9.17, 15) is 0 Å². The average molecular weight is 517 g/mol. The minimum Gasteiger partial charge on any atom is -0.278 e. The minimum atomic E-state index is -0.0971. The summed E-state index contributed by atoms with van der Waals surface area (Å²) >= 11 is 0.